The number of nitrogens with zero attached hydrogens (tertiary/aromatic N) is 2. The third kappa shape index (κ3) is 2.14. The molecule has 18 heavy (non-hydrogen) atoms. The minimum atomic E-state index is -1.32. The Kier molecular flexibility index (Phi) is 2.85. The minimum Gasteiger partial charge on any atom is -0.430 e. The van der Waals surface area contributed by atoms with Crippen molar-refractivity contribution in [1.82, 2.24) is 9.97 Å². The Morgan fingerprint density at radius 1 is 1.44 bits per heavy atom. The zero-order valence-electron chi connectivity index (χ0n) is 9.20. The van der Waals surface area contributed by atoms with Gasteiger partial charge in [0, 0.05) is 17.3 Å². The molecule has 92 valence electrons. The van der Waals surface area contributed by atoms with Crippen molar-refractivity contribution in [2.75, 3.05) is 5.73 Å². The number of hydrogen-bond acceptors (Lipinski definition) is 6. The molecule has 0 radical (unpaired) electrons. The summed E-state index contributed by atoms with van der Waals surface area (Å²) in [4.78, 5) is 8.27. The SMILES string of the molecule is Nc1ccc2oc(S(=O)Cc3nccs3)nc2c1. The van der Waals surface area contributed by atoms with Crippen LogP contribution in [0.25, 0.3) is 11.1 Å². The van der Waals surface area contributed by atoms with E-state index in [0.29, 0.717) is 22.5 Å². The van der Waals surface area contributed by atoms with Gasteiger partial charge in [-0.2, -0.15) is 0 Å². The molecule has 1 aromatic carbocycles. The molecule has 2 heterocycles. The number of nitrogen functional groups attached to an aromatic ring is 1. The number of oxazole rings is 1. The van der Waals surface area contributed by atoms with Crippen LogP contribution in [0.2, 0.25) is 0 Å². The van der Waals surface area contributed by atoms with Crippen LogP contribution in [0.1, 0.15) is 5.01 Å². The lowest BCUT2D eigenvalue weighted by Crippen LogP contribution is -1.95. The smallest absolute Gasteiger partial charge is 0.288 e. The number of aromatic nitrogens is 2. The molecule has 3 aromatic rings. The van der Waals surface area contributed by atoms with E-state index < -0.39 is 10.8 Å². The summed E-state index contributed by atoms with van der Waals surface area (Å²) < 4.78 is 17.5. The third-order valence-corrected chi connectivity index (χ3v) is 4.39. The summed E-state index contributed by atoms with van der Waals surface area (Å²) in [6.07, 6.45) is 1.68. The largest absolute Gasteiger partial charge is 0.430 e. The van der Waals surface area contributed by atoms with Crippen LogP contribution in [0.4, 0.5) is 5.69 Å². The van der Waals surface area contributed by atoms with Crippen LogP contribution in [-0.2, 0) is 16.6 Å². The average Bonchev–Trinajstić information content (AvgIpc) is 2.96. The molecule has 1 unspecified atom stereocenters. The molecule has 0 spiro atoms. The van der Waals surface area contributed by atoms with Crippen LogP contribution in [0.15, 0.2) is 39.4 Å². The number of nitrogens with two attached hydrogens (primary N) is 1. The van der Waals surface area contributed by atoms with E-state index >= 15 is 0 Å². The van der Waals surface area contributed by atoms with Crippen LogP contribution < -0.4 is 5.73 Å². The van der Waals surface area contributed by atoms with Crippen LogP contribution in [-0.4, -0.2) is 14.2 Å². The maximum Gasteiger partial charge on any atom is 0.288 e. The predicted molar refractivity (Wildman–Crippen MR) is 70.6 cm³/mol. The molecule has 1 atom stereocenters. The molecular formula is C11H9N3O2S2. The first-order chi connectivity index (χ1) is 8.72. The maximum atomic E-state index is 12.1. The van der Waals surface area contributed by atoms with Gasteiger partial charge in [-0.3, -0.25) is 0 Å². The van der Waals surface area contributed by atoms with Gasteiger partial charge in [-0.25, -0.2) is 14.2 Å². The van der Waals surface area contributed by atoms with Crippen LogP contribution >= 0.6 is 11.3 Å². The van der Waals surface area contributed by atoms with Crippen molar-refractivity contribution in [3.8, 4) is 0 Å². The molecule has 0 bridgehead atoms. The second-order valence-corrected chi connectivity index (χ2v) is 5.93. The molecule has 0 aliphatic carbocycles. The number of benzene rings is 1. The fraction of sp³-hybridized carbons (Fsp3) is 0.0909. The number of anilines is 1. The third-order valence-electron chi connectivity index (χ3n) is 2.32. The van der Waals surface area contributed by atoms with Gasteiger partial charge in [0.05, 0.1) is 5.75 Å². The van der Waals surface area contributed by atoms with Crippen molar-refractivity contribution in [2.24, 2.45) is 0 Å². The minimum absolute atomic E-state index is 0.214. The van der Waals surface area contributed by atoms with Gasteiger partial charge < -0.3 is 10.2 Å². The molecule has 0 saturated heterocycles. The van der Waals surface area contributed by atoms with Crippen LogP contribution in [0.3, 0.4) is 0 Å². The van der Waals surface area contributed by atoms with Gasteiger partial charge in [0.1, 0.15) is 21.3 Å². The first-order valence-electron chi connectivity index (χ1n) is 5.15. The molecule has 0 fully saturated rings. The molecule has 3 rings (SSSR count). The van der Waals surface area contributed by atoms with E-state index in [4.69, 9.17) is 10.2 Å². The van der Waals surface area contributed by atoms with Gasteiger partial charge in [-0.05, 0) is 18.2 Å². The van der Waals surface area contributed by atoms with E-state index in [1.54, 1.807) is 24.4 Å². The predicted octanol–water partition coefficient (Wildman–Crippen LogP) is 2.17. The summed E-state index contributed by atoms with van der Waals surface area (Å²) in [5.74, 6) is 0.319. The Balaban J connectivity index is 1.92. The Labute approximate surface area is 109 Å². The zero-order chi connectivity index (χ0) is 12.5. The quantitative estimate of drug-likeness (QED) is 0.743. The van der Waals surface area contributed by atoms with E-state index in [9.17, 15) is 4.21 Å². The first-order valence-corrected chi connectivity index (χ1v) is 7.35. The van der Waals surface area contributed by atoms with E-state index in [2.05, 4.69) is 9.97 Å². The highest BCUT2D eigenvalue weighted by molar-refractivity contribution is 7.84. The Morgan fingerprint density at radius 3 is 3.11 bits per heavy atom. The number of thiazole rings is 1. The van der Waals surface area contributed by atoms with Crippen molar-refractivity contribution in [3.05, 3.63) is 34.8 Å². The van der Waals surface area contributed by atoms with Crippen molar-refractivity contribution in [3.63, 3.8) is 0 Å². The molecule has 2 aromatic heterocycles. The molecular weight excluding hydrogens is 270 g/mol. The molecule has 0 saturated carbocycles. The second kappa shape index (κ2) is 4.51. The number of rotatable bonds is 3. The fourth-order valence-corrected chi connectivity index (χ4v) is 3.32. The van der Waals surface area contributed by atoms with Crippen molar-refractivity contribution in [1.29, 1.82) is 0 Å². The molecule has 0 amide bonds. The van der Waals surface area contributed by atoms with Gasteiger partial charge in [-0.15, -0.1) is 11.3 Å². The lowest BCUT2D eigenvalue weighted by Gasteiger charge is -1.92. The van der Waals surface area contributed by atoms with Crippen molar-refractivity contribution < 1.29 is 8.63 Å². The molecule has 7 heteroatoms. The summed E-state index contributed by atoms with van der Waals surface area (Å²) in [7, 11) is -1.32. The Bertz CT molecular complexity index is 706. The van der Waals surface area contributed by atoms with Crippen molar-refractivity contribution in [2.45, 2.75) is 11.0 Å². The van der Waals surface area contributed by atoms with E-state index in [1.165, 1.54) is 11.3 Å². The van der Waals surface area contributed by atoms with Gasteiger partial charge in [-0.1, -0.05) is 0 Å². The highest BCUT2D eigenvalue weighted by atomic mass is 32.2. The molecule has 0 aliphatic heterocycles. The summed E-state index contributed by atoms with van der Waals surface area (Å²) in [5, 5.41) is 2.86. The zero-order valence-corrected chi connectivity index (χ0v) is 10.8. The van der Waals surface area contributed by atoms with Gasteiger partial charge in [0.15, 0.2) is 5.58 Å². The maximum absolute atomic E-state index is 12.1. The van der Waals surface area contributed by atoms with Crippen LogP contribution in [0.5, 0.6) is 0 Å². The standard InChI is InChI=1S/C11H9N3O2S2/c12-7-1-2-9-8(5-7)14-11(16-9)18(15)6-10-13-3-4-17-10/h1-5H,6,12H2. The number of hydrogen-bond donors (Lipinski definition) is 1. The summed E-state index contributed by atoms with van der Waals surface area (Å²) in [6.45, 7) is 0. The van der Waals surface area contributed by atoms with Gasteiger partial charge in [0.2, 0.25) is 0 Å². The summed E-state index contributed by atoms with van der Waals surface area (Å²) in [5.41, 5.74) is 7.47. The second-order valence-electron chi connectivity index (χ2n) is 3.62. The highest BCUT2D eigenvalue weighted by Gasteiger charge is 2.14. The van der Waals surface area contributed by atoms with E-state index in [0.717, 1.165) is 5.01 Å². The van der Waals surface area contributed by atoms with Crippen LogP contribution in [0, 0.1) is 0 Å². The highest BCUT2D eigenvalue weighted by Crippen LogP contribution is 2.21. The Morgan fingerprint density at radius 2 is 2.33 bits per heavy atom. The topological polar surface area (TPSA) is 82.0 Å². The lowest BCUT2D eigenvalue weighted by molar-refractivity contribution is 0.477. The molecule has 2 N–H and O–H groups in total. The lowest BCUT2D eigenvalue weighted by atomic mass is 10.3. The fourth-order valence-electron chi connectivity index (χ4n) is 1.52. The normalized spacial score (nSPS) is 12.9. The summed E-state index contributed by atoms with van der Waals surface area (Å²) >= 11 is 1.46. The van der Waals surface area contributed by atoms with E-state index in [-0.39, 0.29) is 5.22 Å². The van der Waals surface area contributed by atoms with Crippen molar-refractivity contribution >= 4 is 38.9 Å². The van der Waals surface area contributed by atoms with Gasteiger partial charge >= 0.3 is 0 Å². The average molecular weight is 279 g/mol. The first kappa shape index (κ1) is 11.4. The summed E-state index contributed by atoms with van der Waals surface area (Å²) in [6, 6.07) is 5.14. The number of fused-ring (bicyclic) bond motifs is 1. The van der Waals surface area contributed by atoms with Gasteiger partial charge in [0.25, 0.3) is 5.22 Å². The molecule has 0 aliphatic rings. The monoisotopic (exact) mass is 279 g/mol. The Hall–Kier alpha value is -1.73. The molecule has 5 nitrogen and oxygen atoms in total. The van der Waals surface area contributed by atoms with E-state index in [1.807, 2.05) is 5.38 Å².